The van der Waals surface area contributed by atoms with E-state index >= 15 is 0 Å². The van der Waals surface area contributed by atoms with Crippen molar-refractivity contribution in [3.05, 3.63) is 42.5 Å². The Balaban J connectivity index is 2.39. The number of ether oxygens (including phenoxy) is 3. The first-order valence-corrected chi connectivity index (χ1v) is 11.3. The van der Waals surface area contributed by atoms with Crippen molar-refractivity contribution in [2.45, 2.75) is 26.3 Å². The molecular formula is C21H28N2O6S. The lowest BCUT2D eigenvalue weighted by molar-refractivity contribution is -0.117. The van der Waals surface area contributed by atoms with Gasteiger partial charge < -0.3 is 19.5 Å². The van der Waals surface area contributed by atoms with Crippen molar-refractivity contribution < 1.29 is 27.4 Å². The van der Waals surface area contributed by atoms with Gasteiger partial charge in [-0.2, -0.15) is 0 Å². The Kier molecular flexibility index (Phi) is 7.93. The standard InChI is InChI=1S/C21H28N2O6S/c1-6-19(21(24)22-18-14-17(27-3)12-13-20(18)28-4)23(30(5,25)26)15-8-10-16(11-9-15)29-7-2/h8-14,19H,6-7H2,1-5H3,(H,22,24)/t19-/m0/s1. The van der Waals surface area contributed by atoms with E-state index in [1.54, 1.807) is 49.4 Å². The van der Waals surface area contributed by atoms with E-state index in [9.17, 15) is 13.2 Å². The molecule has 0 bridgehead atoms. The van der Waals surface area contributed by atoms with Gasteiger partial charge in [0.1, 0.15) is 23.3 Å². The van der Waals surface area contributed by atoms with Crippen molar-refractivity contribution >= 4 is 27.3 Å². The first-order chi connectivity index (χ1) is 14.2. The molecule has 9 heteroatoms. The maximum Gasteiger partial charge on any atom is 0.248 e. The number of nitrogens with one attached hydrogen (secondary N) is 1. The molecule has 1 N–H and O–H groups in total. The normalized spacial score (nSPS) is 12.0. The minimum Gasteiger partial charge on any atom is -0.497 e. The van der Waals surface area contributed by atoms with Crippen LogP contribution in [0.4, 0.5) is 11.4 Å². The third kappa shape index (κ3) is 5.56. The van der Waals surface area contributed by atoms with E-state index in [-0.39, 0.29) is 6.42 Å². The molecule has 2 aromatic rings. The molecule has 8 nitrogen and oxygen atoms in total. The molecule has 0 saturated carbocycles. The molecule has 0 saturated heterocycles. The Morgan fingerprint density at radius 2 is 1.67 bits per heavy atom. The van der Waals surface area contributed by atoms with Crippen molar-refractivity contribution in [3.63, 3.8) is 0 Å². The Hall–Kier alpha value is -2.94. The smallest absolute Gasteiger partial charge is 0.248 e. The summed E-state index contributed by atoms with van der Waals surface area (Å²) < 4.78 is 42.2. The fourth-order valence-corrected chi connectivity index (χ4v) is 4.26. The molecule has 1 atom stereocenters. The first-order valence-electron chi connectivity index (χ1n) is 9.50. The molecular weight excluding hydrogens is 408 g/mol. The van der Waals surface area contributed by atoms with Crippen LogP contribution in [-0.2, 0) is 14.8 Å². The lowest BCUT2D eigenvalue weighted by Gasteiger charge is -2.30. The second-order valence-electron chi connectivity index (χ2n) is 6.47. The molecule has 1 amide bonds. The van der Waals surface area contributed by atoms with Gasteiger partial charge in [0, 0.05) is 6.07 Å². The number of carbonyl (C=O) groups is 1. The molecule has 0 aromatic heterocycles. The zero-order valence-electron chi connectivity index (χ0n) is 17.8. The van der Waals surface area contributed by atoms with Gasteiger partial charge in [0.05, 0.1) is 38.5 Å². The van der Waals surface area contributed by atoms with Gasteiger partial charge in [-0.3, -0.25) is 9.10 Å². The number of hydrogen-bond acceptors (Lipinski definition) is 6. The first kappa shape index (κ1) is 23.3. The summed E-state index contributed by atoms with van der Waals surface area (Å²) in [5, 5.41) is 2.77. The Morgan fingerprint density at radius 3 is 2.17 bits per heavy atom. The molecule has 0 spiro atoms. The topological polar surface area (TPSA) is 94.2 Å². The van der Waals surface area contributed by atoms with Crippen molar-refractivity contribution in [2.75, 3.05) is 36.7 Å². The minimum atomic E-state index is -3.74. The molecule has 0 fully saturated rings. The van der Waals surface area contributed by atoms with E-state index in [1.165, 1.54) is 14.2 Å². The summed E-state index contributed by atoms with van der Waals surface area (Å²) in [6, 6.07) is 10.6. The van der Waals surface area contributed by atoms with Crippen LogP contribution in [0.2, 0.25) is 0 Å². The average molecular weight is 437 g/mol. The van der Waals surface area contributed by atoms with E-state index < -0.39 is 22.0 Å². The zero-order chi connectivity index (χ0) is 22.3. The summed E-state index contributed by atoms with van der Waals surface area (Å²) in [7, 11) is -0.747. The van der Waals surface area contributed by atoms with Gasteiger partial charge in [-0.15, -0.1) is 0 Å². The quantitative estimate of drug-likeness (QED) is 0.614. The Morgan fingerprint density at radius 1 is 1.03 bits per heavy atom. The summed E-state index contributed by atoms with van der Waals surface area (Å²) in [6.45, 7) is 4.11. The highest BCUT2D eigenvalue weighted by Gasteiger charge is 2.32. The number of rotatable bonds is 10. The van der Waals surface area contributed by atoms with Crippen LogP contribution in [0.1, 0.15) is 20.3 Å². The molecule has 0 radical (unpaired) electrons. The van der Waals surface area contributed by atoms with Crippen LogP contribution in [0.5, 0.6) is 17.2 Å². The molecule has 0 aliphatic carbocycles. The number of methoxy groups -OCH3 is 2. The third-order valence-corrected chi connectivity index (χ3v) is 5.58. The fourth-order valence-electron chi connectivity index (χ4n) is 3.04. The van der Waals surface area contributed by atoms with E-state index in [2.05, 4.69) is 5.32 Å². The fraction of sp³-hybridized carbons (Fsp3) is 0.381. The average Bonchev–Trinajstić information content (AvgIpc) is 2.71. The molecule has 0 unspecified atom stereocenters. The van der Waals surface area contributed by atoms with Crippen molar-refractivity contribution in [1.29, 1.82) is 0 Å². The summed E-state index contributed by atoms with van der Waals surface area (Å²) in [5.74, 6) is 1.10. The lowest BCUT2D eigenvalue weighted by atomic mass is 10.1. The van der Waals surface area contributed by atoms with E-state index in [1.807, 2.05) is 6.92 Å². The number of benzene rings is 2. The van der Waals surface area contributed by atoms with Crippen LogP contribution in [0, 0.1) is 0 Å². The summed E-state index contributed by atoms with van der Waals surface area (Å²) in [5.41, 5.74) is 0.765. The summed E-state index contributed by atoms with van der Waals surface area (Å²) >= 11 is 0. The molecule has 30 heavy (non-hydrogen) atoms. The van der Waals surface area contributed by atoms with Gasteiger partial charge in [0.2, 0.25) is 15.9 Å². The number of amides is 1. The van der Waals surface area contributed by atoms with Gasteiger partial charge >= 0.3 is 0 Å². The highest BCUT2D eigenvalue weighted by atomic mass is 32.2. The van der Waals surface area contributed by atoms with Crippen LogP contribution >= 0.6 is 0 Å². The SMILES string of the molecule is CCOc1ccc(N([C@@H](CC)C(=O)Nc2cc(OC)ccc2OC)S(C)(=O)=O)cc1. The molecule has 2 rings (SSSR count). The van der Waals surface area contributed by atoms with Gasteiger partial charge in [0.15, 0.2) is 0 Å². The number of sulfonamides is 1. The molecule has 0 aliphatic heterocycles. The lowest BCUT2D eigenvalue weighted by Crippen LogP contribution is -2.47. The van der Waals surface area contributed by atoms with Gasteiger partial charge in [-0.1, -0.05) is 6.92 Å². The second-order valence-corrected chi connectivity index (χ2v) is 8.32. The Labute approximate surface area is 177 Å². The van der Waals surface area contributed by atoms with Crippen LogP contribution in [-0.4, -0.2) is 47.4 Å². The van der Waals surface area contributed by atoms with Gasteiger partial charge in [0.25, 0.3) is 0 Å². The van der Waals surface area contributed by atoms with Crippen LogP contribution in [0.25, 0.3) is 0 Å². The Bertz CT molecular complexity index is 960. The maximum absolute atomic E-state index is 13.1. The van der Waals surface area contributed by atoms with E-state index in [0.29, 0.717) is 35.2 Å². The van der Waals surface area contributed by atoms with E-state index in [4.69, 9.17) is 14.2 Å². The van der Waals surface area contributed by atoms with Crippen LogP contribution in [0.15, 0.2) is 42.5 Å². The van der Waals surface area contributed by atoms with Crippen LogP contribution in [0.3, 0.4) is 0 Å². The molecule has 0 aliphatic rings. The van der Waals surface area contributed by atoms with Crippen molar-refractivity contribution in [1.82, 2.24) is 0 Å². The summed E-state index contributed by atoms with van der Waals surface area (Å²) in [4.78, 5) is 13.1. The van der Waals surface area contributed by atoms with Crippen LogP contribution < -0.4 is 23.8 Å². The zero-order valence-corrected chi connectivity index (χ0v) is 18.7. The monoisotopic (exact) mass is 436 g/mol. The van der Waals surface area contributed by atoms with Crippen molar-refractivity contribution in [3.8, 4) is 17.2 Å². The maximum atomic E-state index is 13.1. The predicted octanol–water partition coefficient (Wildman–Crippen LogP) is 3.29. The molecule has 0 heterocycles. The number of nitrogens with zero attached hydrogens (tertiary/aromatic N) is 1. The number of carbonyl (C=O) groups excluding carboxylic acids is 1. The molecule has 164 valence electrons. The second kappa shape index (κ2) is 10.2. The minimum absolute atomic E-state index is 0.262. The van der Waals surface area contributed by atoms with Gasteiger partial charge in [-0.25, -0.2) is 8.42 Å². The number of hydrogen-bond donors (Lipinski definition) is 1. The summed E-state index contributed by atoms with van der Waals surface area (Å²) in [6.07, 6.45) is 1.34. The van der Waals surface area contributed by atoms with Gasteiger partial charge in [-0.05, 0) is 49.7 Å². The number of anilines is 2. The van der Waals surface area contributed by atoms with Crippen molar-refractivity contribution in [2.24, 2.45) is 0 Å². The largest absolute Gasteiger partial charge is 0.497 e. The third-order valence-electron chi connectivity index (χ3n) is 4.40. The van der Waals surface area contributed by atoms with E-state index in [0.717, 1.165) is 10.6 Å². The predicted molar refractivity (Wildman–Crippen MR) is 117 cm³/mol. The highest BCUT2D eigenvalue weighted by molar-refractivity contribution is 7.92. The highest BCUT2D eigenvalue weighted by Crippen LogP contribution is 2.30. The molecule has 2 aromatic carbocycles.